The number of aliphatic hydroxyl groups excluding tert-OH is 1. The van der Waals surface area contributed by atoms with Crippen LogP contribution in [-0.2, 0) is 6.42 Å². The molecular weight excluding hydrogens is 402 g/mol. The molecule has 0 spiro atoms. The van der Waals surface area contributed by atoms with E-state index in [1.165, 1.54) is 11.1 Å². The topological polar surface area (TPSA) is 84.3 Å². The van der Waals surface area contributed by atoms with Crippen molar-refractivity contribution in [3.8, 4) is 22.9 Å². The van der Waals surface area contributed by atoms with Crippen molar-refractivity contribution in [3.63, 3.8) is 0 Å². The van der Waals surface area contributed by atoms with Gasteiger partial charge in [0.1, 0.15) is 17.6 Å². The maximum absolute atomic E-state index is 10.7. The Morgan fingerprint density at radius 1 is 0.844 bits per heavy atom. The molecule has 5 aromatic rings. The van der Waals surface area contributed by atoms with Crippen LogP contribution in [0.4, 0.5) is 0 Å². The van der Waals surface area contributed by atoms with Crippen LogP contribution in [0.1, 0.15) is 22.9 Å². The lowest BCUT2D eigenvalue weighted by Gasteiger charge is -2.14. The predicted molar refractivity (Wildman–Crippen MR) is 123 cm³/mol. The largest absolute Gasteiger partial charge is 0.463 e. The number of nitrogens with one attached hydrogen (secondary N) is 1. The van der Waals surface area contributed by atoms with E-state index >= 15 is 0 Å². The summed E-state index contributed by atoms with van der Waals surface area (Å²) in [6, 6.07) is 21.3. The van der Waals surface area contributed by atoms with Crippen LogP contribution in [0.3, 0.4) is 0 Å². The fourth-order valence-electron chi connectivity index (χ4n) is 3.64. The number of rotatable bonds is 7. The molecule has 0 saturated heterocycles. The van der Waals surface area contributed by atoms with Crippen molar-refractivity contribution in [1.29, 1.82) is 0 Å². The van der Waals surface area contributed by atoms with Crippen LogP contribution in [0, 0.1) is 6.92 Å². The minimum Gasteiger partial charge on any atom is -0.463 e. The van der Waals surface area contributed by atoms with Gasteiger partial charge in [-0.15, -0.1) is 0 Å². The summed E-state index contributed by atoms with van der Waals surface area (Å²) < 4.78 is 11.1. The molecule has 0 aliphatic carbocycles. The number of fused-ring (bicyclic) bond motifs is 1. The summed E-state index contributed by atoms with van der Waals surface area (Å²) in [5.74, 6) is 1.22. The molecule has 160 valence electrons. The van der Waals surface area contributed by atoms with E-state index in [1.54, 1.807) is 12.5 Å². The maximum atomic E-state index is 10.7. The molecule has 0 amide bonds. The van der Waals surface area contributed by atoms with Gasteiger partial charge in [0.25, 0.3) is 0 Å². The maximum Gasteiger partial charge on any atom is 0.154 e. The van der Waals surface area contributed by atoms with E-state index in [9.17, 15) is 5.11 Å². The van der Waals surface area contributed by atoms with Gasteiger partial charge < -0.3 is 13.9 Å². The third-order valence-corrected chi connectivity index (χ3v) is 5.39. The molecule has 0 saturated carbocycles. The quantitative estimate of drug-likeness (QED) is 0.345. The Bertz CT molecular complexity index is 1310. The molecule has 2 N–H and O–H groups in total. The second-order valence-electron chi connectivity index (χ2n) is 7.72. The number of benzene rings is 2. The van der Waals surface area contributed by atoms with Crippen molar-refractivity contribution < 1.29 is 13.9 Å². The minimum atomic E-state index is -0.802. The smallest absolute Gasteiger partial charge is 0.154 e. The Labute approximate surface area is 185 Å². The molecule has 1 unspecified atom stereocenters. The highest BCUT2D eigenvalue weighted by Gasteiger charge is 2.18. The minimum absolute atomic E-state index is 0.594. The van der Waals surface area contributed by atoms with Crippen LogP contribution in [0.25, 0.3) is 33.9 Å². The Kier molecular flexibility index (Phi) is 5.54. The van der Waals surface area contributed by atoms with Crippen molar-refractivity contribution >= 4 is 11.0 Å². The number of aryl methyl sites for hydroxylation is 1. The van der Waals surface area contributed by atoms with E-state index in [1.807, 2.05) is 42.5 Å². The van der Waals surface area contributed by atoms with Crippen molar-refractivity contribution in [2.75, 3.05) is 6.54 Å². The van der Waals surface area contributed by atoms with Crippen molar-refractivity contribution in [2.45, 2.75) is 19.6 Å². The molecule has 1 atom stereocenters. The second-order valence-corrected chi connectivity index (χ2v) is 7.72. The summed E-state index contributed by atoms with van der Waals surface area (Å²) in [6.45, 7) is 2.73. The first kappa shape index (κ1) is 20.2. The van der Waals surface area contributed by atoms with Crippen LogP contribution >= 0.6 is 0 Å². The van der Waals surface area contributed by atoms with Gasteiger partial charge in [-0.2, -0.15) is 0 Å². The van der Waals surface area contributed by atoms with Crippen molar-refractivity contribution in [1.82, 2.24) is 15.3 Å². The van der Waals surface area contributed by atoms with E-state index in [2.05, 4.69) is 36.5 Å². The van der Waals surface area contributed by atoms with E-state index in [0.29, 0.717) is 40.5 Å². The molecule has 6 heteroatoms. The number of aliphatic hydroxyl groups is 1. The molecule has 2 aromatic carbocycles. The summed E-state index contributed by atoms with van der Waals surface area (Å²) in [5, 5.41) is 13.8. The molecular formula is C26H23N3O3. The van der Waals surface area contributed by atoms with Gasteiger partial charge in [-0.25, -0.2) is 9.97 Å². The summed E-state index contributed by atoms with van der Waals surface area (Å²) in [5.41, 5.74) is 5.78. The fourth-order valence-corrected chi connectivity index (χ4v) is 3.64. The number of hydrogen-bond acceptors (Lipinski definition) is 6. The molecule has 32 heavy (non-hydrogen) atoms. The zero-order valence-corrected chi connectivity index (χ0v) is 17.7. The van der Waals surface area contributed by atoms with Gasteiger partial charge in [0.2, 0.25) is 0 Å². The second kappa shape index (κ2) is 8.78. The Morgan fingerprint density at radius 3 is 2.12 bits per heavy atom. The van der Waals surface area contributed by atoms with Gasteiger partial charge in [-0.3, -0.25) is 5.32 Å². The molecule has 0 radical (unpaired) electrons. The standard InChI is InChI=1S/C26H23N3O3/c1-17-6-8-18(9-7-17)12-13-27-26(30)19-10-11-20-21(16-19)29-25(23-5-3-15-32-23)24(28-20)22-4-2-14-31-22/h2-11,14-16,26-27,30H,12-13H2,1H3. The lowest BCUT2D eigenvalue weighted by molar-refractivity contribution is 0.140. The molecule has 6 nitrogen and oxygen atoms in total. The van der Waals surface area contributed by atoms with Gasteiger partial charge in [0, 0.05) is 6.54 Å². The third-order valence-electron chi connectivity index (χ3n) is 5.39. The number of nitrogens with zero attached hydrogens (tertiary/aromatic N) is 2. The van der Waals surface area contributed by atoms with E-state index in [-0.39, 0.29) is 0 Å². The van der Waals surface area contributed by atoms with Crippen LogP contribution in [0.5, 0.6) is 0 Å². The van der Waals surface area contributed by atoms with Crippen LogP contribution in [0.15, 0.2) is 88.1 Å². The Hall–Kier alpha value is -3.74. The van der Waals surface area contributed by atoms with Gasteiger partial charge in [-0.05, 0) is 60.9 Å². The van der Waals surface area contributed by atoms with Gasteiger partial charge in [-0.1, -0.05) is 35.9 Å². The van der Waals surface area contributed by atoms with E-state index in [4.69, 9.17) is 18.8 Å². The molecule has 3 heterocycles. The highest BCUT2D eigenvalue weighted by Crippen LogP contribution is 2.32. The first-order chi connectivity index (χ1) is 15.7. The third kappa shape index (κ3) is 4.19. The van der Waals surface area contributed by atoms with Gasteiger partial charge >= 0.3 is 0 Å². The highest BCUT2D eigenvalue weighted by molar-refractivity contribution is 5.84. The molecule has 0 aliphatic rings. The fraction of sp³-hybridized carbons (Fsp3) is 0.154. The zero-order valence-electron chi connectivity index (χ0n) is 17.7. The van der Waals surface area contributed by atoms with E-state index in [0.717, 1.165) is 12.0 Å². The van der Waals surface area contributed by atoms with Crippen molar-refractivity contribution in [3.05, 3.63) is 95.9 Å². The summed E-state index contributed by atoms with van der Waals surface area (Å²) in [7, 11) is 0. The van der Waals surface area contributed by atoms with Crippen LogP contribution in [0.2, 0.25) is 0 Å². The average molecular weight is 425 g/mol. The molecule has 0 fully saturated rings. The predicted octanol–water partition coefficient (Wildman–Crippen LogP) is 5.28. The van der Waals surface area contributed by atoms with Crippen molar-refractivity contribution in [2.24, 2.45) is 0 Å². The summed E-state index contributed by atoms with van der Waals surface area (Å²) >= 11 is 0. The highest BCUT2D eigenvalue weighted by atomic mass is 16.3. The van der Waals surface area contributed by atoms with Crippen LogP contribution < -0.4 is 5.32 Å². The SMILES string of the molecule is Cc1ccc(CCNC(O)c2ccc3nc(-c4ccco4)c(-c4ccco4)nc3c2)cc1. The monoisotopic (exact) mass is 425 g/mol. The number of furan rings is 2. The summed E-state index contributed by atoms with van der Waals surface area (Å²) in [4.78, 5) is 9.56. The van der Waals surface area contributed by atoms with Gasteiger partial charge in [0.15, 0.2) is 11.5 Å². The molecule has 0 bridgehead atoms. The Balaban J connectivity index is 1.40. The lowest BCUT2D eigenvalue weighted by Crippen LogP contribution is -2.23. The molecule has 0 aliphatic heterocycles. The van der Waals surface area contributed by atoms with Gasteiger partial charge in [0.05, 0.1) is 23.6 Å². The van der Waals surface area contributed by atoms with E-state index < -0.39 is 6.23 Å². The summed E-state index contributed by atoms with van der Waals surface area (Å²) in [6.07, 6.45) is 3.24. The average Bonchev–Trinajstić information content (AvgIpc) is 3.53. The number of aromatic nitrogens is 2. The first-order valence-electron chi connectivity index (χ1n) is 10.5. The number of hydrogen-bond donors (Lipinski definition) is 2. The first-order valence-corrected chi connectivity index (χ1v) is 10.5. The normalized spacial score (nSPS) is 12.3. The Morgan fingerprint density at radius 2 is 1.50 bits per heavy atom. The zero-order chi connectivity index (χ0) is 21.9. The molecule has 5 rings (SSSR count). The lowest BCUT2D eigenvalue weighted by atomic mass is 10.1. The molecule has 3 aromatic heterocycles. The van der Waals surface area contributed by atoms with Crippen LogP contribution in [-0.4, -0.2) is 21.6 Å².